The number of carbonyl (C=O) groups excluding carboxylic acids is 2. The molecule has 7 heteroatoms. The number of hydrogen-bond acceptors (Lipinski definition) is 3. The van der Waals surface area contributed by atoms with E-state index in [4.69, 9.17) is 18.0 Å². The van der Waals surface area contributed by atoms with Crippen molar-refractivity contribution in [2.24, 2.45) is 5.73 Å². The van der Waals surface area contributed by atoms with E-state index in [2.05, 4.69) is 16.0 Å². The van der Waals surface area contributed by atoms with Crippen LogP contribution in [0.4, 0.5) is 0 Å². The minimum absolute atomic E-state index is 0.143. The first kappa shape index (κ1) is 15.9. The number of nitrogens with two attached hydrogens (primary N) is 1. The third kappa shape index (κ3) is 7.32. The molecular formula is C13H18N4O2S. The van der Waals surface area contributed by atoms with Crippen molar-refractivity contribution in [1.29, 1.82) is 0 Å². The van der Waals surface area contributed by atoms with Gasteiger partial charge in [0.2, 0.25) is 11.8 Å². The Morgan fingerprint density at radius 2 is 1.80 bits per heavy atom. The van der Waals surface area contributed by atoms with E-state index >= 15 is 0 Å². The fraction of sp³-hybridized carbons (Fsp3) is 0.308. The van der Waals surface area contributed by atoms with Gasteiger partial charge in [-0.3, -0.25) is 9.59 Å². The average molecular weight is 294 g/mol. The molecule has 1 rings (SSSR count). The number of nitrogens with one attached hydrogen (secondary N) is 3. The molecule has 5 N–H and O–H groups in total. The number of rotatable bonds is 7. The predicted molar refractivity (Wildman–Crippen MR) is 80.7 cm³/mol. The zero-order chi connectivity index (χ0) is 14.8. The molecule has 0 aromatic heterocycles. The molecule has 0 aliphatic carbocycles. The SMILES string of the molecule is NC(=O)CNC(=O)CCNC(=S)NCc1ccccc1. The minimum atomic E-state index is -0.564. The monoisotopic (exact) mass is 294 g/mol. The highest BCUT2D eigenvalue weighted by atomic mass is 32.1. The van der Waals surface area contributed by atoms with Gasteiger partial charge in [0.25, 0.3) is 0 Å². The molecule has 1 aromatic carbocycles. The van der Waals surface area contributed by atoms with Gasteiger partial charge >= 0.3 is 0 Å². The van der Waals surface area contributed by atoms with Crippen LogP contribution in [0, 0.1) is 0 Å². The van der Waals surface area contributed by atoms with Crippen molar-refractivity contribution in [2.45, 2.75) is 13.0 Å². The number of hydrogen-bond donors (Lipinski definition) is 4. The van der Waals surface area contributed by atoms with Gasteiger partial charge in [-0.15, -0.1) is 0 Å². The Labute approximate surface area is 123 Å². The van der Waals surface area contributed by atoms with E-state index in [0.717, 1.165) is 5.56 Å². The normalized spacial score (nSPS) is 9.60. The number of carbonyl (C=O) groups is 2. The summed E-state index contributed by atoms with van der Waals surface area (Å²) >= 11 is 5.08. The first-order chi connectivity index (χ1) is 9.58. The van der Waals surface area contributed by atoms with Crippen molar-refractivity contribution >= 4 is 29.1 Å². The Morgan fingerprint density at radius 1 is 1.10 bits per heavy atom. The van der Waals surface area contributed by atoms with Crippen LogP contribution < -0.4 is 21.7 Å². The molecule has 108 valence electrons. The van der Waals surface area contributed by atoms with Crippen LogP contribution in [0.25, 0.3) is 0 Å². The van der Waals surface area contributed by atoms with Crippen molar-refractivity contribution < 1.29 is 9.59 Å². The Balaban J connectivity index is 2.11. The van der Waals surface area contributed by atoms with Crippen molar-refractivity contribution in [1.82, 2.24) is 16.0 Å². The Hall–Kier alpha value is -2.15. The molecule has 6 nitrogen and oxygen atoms in total. The Bertz CT molecular complexity index is 465. The molecule has 2 amide bonds. The Morgan fingerprint density at radius 3 is 2.45 bits per heavy atom. The minimum Gasteiger partial charge on any atom is -0.368 e. The van der Waals surface area contributed by atoms with Gasteiger partial charge in [-0.05, 0) is 17.8 Å². The van der Waals surface area contributed by atoms with E-state index in [0.29, 0.717) is 18.2 Å². The molecule has 0 radical (unpaired) electrons. The summed E-state index contributed by atoms with van der Waals surface area (Å²) in [4.78, 5) is 21.8. The summed E-state index contributed by atoms with van der Waals surface area (Å²) in [6, 6.07) is 9.84. The molecule has 1 aromatic rings. The second-order valence-electron chi connectivity index (χ2n) is 4.09. The molecule has 0 aliphatic rings. The summed E-state index contributed by atoms with van der Waals surface area (Å²) in [6.45, 7) is 0.876. The molecule has 20 heavy (non-hydrogen) atoms. The third-order valence-corrected chi connectivity index (χ3v) is 2.68. The van der Waals surface area contributed by atoms with Crippen LogP contribution in [-0.4, -0.2) is 30.0 Å². The van der Waals surface area contributed by atoms with Crippen molar-refractivity contribution in [3.8, 4) is 0 Å². The smallest absolute Gasteiger partial charge is 0.236 e. The maximum atomic E-state index is 11.3. The van der Waals surface area contributed by atoms with Gasteiger partial charge in [-0.2, -0.15) is 0 Å². The quantitative estimate of drug-likeness (QED) is 0.515. The molecule has 0 spiro atoms. The number of thiocarbonyl (C=S) groups is 1. The predicted octanol–water partition coefficient (Wildman–Crippen LogP) is -0.358. The fourth-order valence-corrected chi connectivity index (χ4v) is 1.58. The zero-order valence-electron chi connectivity index (χ0n) is 11.0. The third-order valence-electron chi connectivity index (χ3n) is 2.39. The van der Waals surface area contributed by atoms with E-state index in [1.165, 1.54) is 0 Å². The summed E-state index contributed by atoms with van der Waals surface area (Å²) in [6.07, 6.45) is 0.223. The van der Waals surface area contributed by atoms with Crippen molar-refractivity contribution in [3.05, 3.63) is 35.9 Å². The van der Waals surface area contributed by atoms with Crippen LogP contribution in [0.3, 0.4) is 0 Å². The first-order valence-electron chi connectivity index (χ1n) is 6.18. The van der Waals surface area contributed by atoms with Gasteiger partial charge in [0.05, 0.1) is 6.54 Å². The van der Waals surface area contributed by atoms with Crippen molar-refractivity contribution in [2.75, 3.05) is 13.1 Å². The highest BCUT2D eigenvalue weighted by molar-refractivity contribution is 7.80. The maximum absolute atomic E-state index is 11.3. The topological polar surface area (TPSA) is 96.2 Å². The van der Waals surface area contributed by atoms with E-state index < -0.39 is 5.91 Å². The van der Waals surface area contributed by atoms with Crippen LogP contribution in [0.1, 0.15) is 12.0 Å². The van der Waals surface area contributed by atoms with Gasteiger partial charge in [0.15, 0.2) is 5.11 Å². The van der Waals surface area contributed by atoms with E-state index in [1.54, 1.807) is 0 Å². The molecule has 0 unspecified atom stereocenters. The standard InChI is InChI=1S/C13H18N4O2S/c14-11(18)9-16-12(19)6-7-15-13(20)17-8-10-4-2-1-3-5-10/h1-5H,6-9H2,(H2,14,18)(H,16,19)(H2,15,17,20). The molecule has 0 saturated heterocycles. The summed E-state index contributed by atoms with van der Waals surface area (Å²) < 4.78 is 0. The number of primary amides is 1. The van der Waals surface area contributed by atoms with E-state index in [1.807, 2.05) is 30.3 Å². The van der Waals surface area contributed by atoms with Gasteiger partial charge < -0.3 is 21.7 Å². The molecule has 0 saturated carbocycles. The van der Waals surface area contributed by atoms with E-state index in [9.17, 15) is 9.59 Å². The van der Waals surface area contributed by atoms with Crippen LogP contribution in [0.2, 0.25) is 0 Å². The molecule has 0 aliphatic heterocycles. The lowest BCUT2D eigenvalue weighted by Gasteiger charge is -2.10. The first-order valence-corrected chi connectivity index (χ1v) is 6.59. The zero-order valence-corrected chi connectivity index (χ0v) is 11.8. The number of benzene rings is 1. The van der Waals surface area contributed by atoms with Crippen LogP contribution in [-0.2, 0) is 16.1 Å². The maximum Gasteiger partial charge on any atom is 0.236 e. The van der Waals surface area contributed by atoms with Crippen LogP contribution in [0.15, 0.2) is 30.3 Å². The fourth-order valence-electron chi connectivity index (χ4n) is 1.40. The summed E-state index contributed by atoms with van der Waals surface area (Å²) in [5.74, 6) is -0.812. The van der Waals surface area contributed by atoms with Crippen molar-refractivity contribution in [3.63, 3.8) is 0 Å². The molecule has 0 atom stereocenters. The molecule has 0 bridgehead atoms. The second-order valence-corrected chi connectivity index (χ2v) is 4.50. The Kier molecular flexibility index (Phi) is 7.05. The molecule has 0 heterocycles. The van der Waals surface area contributed by atoms with E-state index in [-0.39, 0.29) is 18.9 Å². The lowest BCUT2D eigenvalue weighted by atomic mass is 10.2. The summed E-state index contributed by atoms with van der Waals surface area (Å²) in [5.41, 5.74) is 6.03. The molecular weight excluding hydrogens is 276 g/mol. The lowest BCUT2D eigenvalue weighted by molar-refractivity contribution is -0.124. The number of amides is 2. The summed E-state index contributed by atoms with van der Waals surface area (Å²) in [5, 5.41) is 8.83. The average Bonchev–Trinajstić information content (AvgIpc) is 2.44. The van der Waals surface area contributed by atoms with Crippen LogP contribution >= 0.6 is 12.2 Å². The highest BCUT2D eigenvalue weighted by Crippen LogP contribution is 1.96. The second kappa shape index (κ2) is 8.87. The van der Waals surface area contributed by atoms with Gasteiger partial charge in [-0.1, -0.05) is 30.3 Å². The van der Waals surface area contributed by atoms with Gasteiger partial charge in [0.1, 0.15) is 0 Å². The highest BCUT2D eigenvalue weighted by Gasteiger charge is 2.03. The van der Waals surface area contributed by atoms with Crippen LogP contribution in [0.5, 0.6) is 0 Å². The summed E-state index contributed by atoms with van der Waals surface area (Å²) in [7, 11) is 0. The van der Waals surface area contributed by atoms with Gasteiger partial charge in [-0.25, -0.2) is 0 Å². The lowest BCUT2D eigenvalue weighted by Crippen LogP contribution is -2.38. The largest absolute Gasteiger partial charge is 0.368 e. The van der Waals surface area contributed by atoms with Gasteiger partial charge in [0, 0.05) is 19.5 Å². The molecule has 0 fully saturated rings.